The molecule has 0 saturated carbocycles. The predicted octanol–water partition coefficient (Wildman–Crippen LogP) is 2.67. The zero-order valence-corrected chi connectivity index (χ0v) is 15.8. The average molecular weight is 448 g/mol. The lowest BCUT2D eigenvalue weighted by Gasteiger charge is -2.29. The summed E-state index contributed by atoms with van der Waals surface area (Å²) in [5.41, 5.74) is -5.24. The first-order valence-corrected chi connectivity index (χ1v) is 8.88. The van der Waals surface area contributed by atoms with Crippen LogP contribution in [0.25, 0.3) is 0 Å². The normalized spacial score (nSPS) is 13.2. The van der Waals surface area contributed by atoms with Crippen LogP contribution in [0.15, 0.2) is 0 Å². The largest absolute Gasteiger partial charge is 0.431 e. The van der Waals surface area contributed by atoms with E-state index in [4.69, 9.17) is 28.8 Å². The Morgan fingerprint density at radius 1 is 0.483 bits per heavy atom. The van der Waals surface area contributed by atoms with Gasteiger partial charge < -0.3 is 28.8 Å². The van der Waals surface area contributed by atoms with E-state index >= 15 is 0 Å². The monoisotopic (exact) mass is 448 g/mol. The van der Waals surface area contributed by atoms with E-state index < -0.39 is 37.5 Å². The first-order valence-electron chi connectivity index (χ1n) is 8.88. The maximum absolute atomic E-state index is 13.3. The maximum atomic E-state index is 13.3. The van der Waals surface area contributed by atoms with Crippen LogP contribution in [-0.2, 0) is 23.7 Å². The molecule has 0 saturated heterocycles. The van der Waals surface area contributed by atoms with Crippen LogP contribution in [-0.4, -0.2) is 95.8 Å². The molecule has 0 aromatic heterocycles. The number of ether oxygens (including phenoxy) is 5. The van der Waals surface area contributed by atoms with Crippen LogP contribution in [0.5, 0.6) is 0 Å². The van der Waals surface area contributed by atoms with E-state index in [2.05, 4.69) is 0 Å². The first kappa shape index (κ1) is 28.3. The van der Waals surface area contributed by atoms with E-state index in [1.807, 2.05) is 0 Å². The Morgan fingerprint density at radius 2 is 0.793 bits per heavy atom. The fourth-order valence-electron chi connectivity index (χ4n) is 1.91. The minimum atomic E-state index is -6.03. The molecule has 0 unspecified atom stereocenters. The Hall–Kier alpha value is -0.730. The molecule has 0 aromatic rings. The van der Waals surface area contributed by atoms with Gasteiger partial charge in [-0.25, -0.2) is 4.39 Å². The number of hydrogen-bond acceptors (Lipinski definition) is 6. The highest BCUT2D eigenvalue weighted by atomic mass is 19.4. The highest BCUT2D eigenvalue weighted by Gasteiger charge is 2.71. The summed E-state index contributed by atoms with van der Waals surface area (Å²) >= 11 is 0. The van der Waals surface area contributed by atoms with Gasteiger partial charge in [-0.3, -0.25) is 0 Å². The molecule has 1 N–H and O–H groups in total. The molecule has 29 heavy (non-hydrogen) atoms. The van der Waals surface area contributed by atoms with E-state index in [0.29, 0.717) is 26.4 Å². The summed E-state index contributed by atoms with van der Waals surface area (Å²) < 4.78 is 113. The van der Waals surface area contributed by atoms with Crippen LogP contribution in [0.3, 0.4) is 0 Å². The van der Waals surface area contributed by atoms with E-state index in [1.165, 1.54) is 0 Å². The Labute approximate surface area is 164 Å². The van der Waals surface area contributed by atoms with Crippen molar-refractivity contribution in [3.05, 3.63) is 0 Å². The lowest BCUT2D eigenvalue weighted by molar-refractivity contribution is -0.343. The molecule has 0 atom stereocenters. The van der Waals surface area contributed by atoms with Gasteiger partial charge in [0.1, 0.15) is 0 Å². The number of aliphatic hydroxyl groups excluding tert-OH is 1. The molecular weight excluding hydrogens is 421 g/mol. The molecule has 6 nitrogen and oxygen atoms in total. The number of alkyl halides is 7. The van der Waals surface area contributed by atoms with Crippen LogP contribution < -0.4 is 0 Å². The summed E-state index contributed by atoms with van der Waals surface area (Å²) in [7, 11) is 0. The molecule has 13 heteroatoms. The van der Waals surface area contributed by atoms with E-state index in [1.54, 1.807) is 0 Å². The van der Waals surface area contributed by atoms with Gasteiger partial charge in [-0.15, -0.1) is 0 Å². The van der Waals surface area contributed by atoms with Crippen molar-refractivity contribution in [1.29, 1.82) is 0 Å². The van der Waals surface area contributed by atoms with Gasteiger partial charge in [0.25, 0.3) is 5.67 Å². The minimum Gasteiger partial charge on any atom is -0.394 e. The molecule has 0 aliphatic carbocycles. The summed E-state index contributed by atoms with van der Waals surface area (Å²) in [5.74, 6) is 0. The number of halogens is 7. The Morgan fingerprint density at radius 3 is 1.10 bits per heavy atom. The third-order valence-electron chi connectivity index (χ3n) is 3.43. The molecule has 0 spiro atoms. The quantitative estimate of drug-likeness (QED) is 0.257. The highest BCUT2D eigenvalue weighted by molar-refractivity contribution is 4.94. The Bertz CT molecular complexity index is 379. The first-order chi connectivity index (χ1) is 13.6. The average Bonchev–Trinajstić information content (AvgIpc) is 2.62. The van der Waals surface area contributed by atoms with Gasteiger partial charge in [0.15, 0.2) is 0 Å². The number of aliphatic hydroxyl groups is 1. The zero-order chi connectivity index (χ0) is 22.2. The van der Waals surface area contributed by atoms with Crippen LogP contribution in [0.1, 0.15) is 12.8 Å². The summed E-state index contributed by atoms with van der Waals surface area (Å²) in [6.07, 6.45) is -14.6. The molecule has 0 rings (SSSR count). The zero-order valence-electron chi connectivity index (χ0n) is 15.8. The molecule has 0 heterocycles. The lowest BCUT2D eigenvalue weighted by atomic mass is 9.98. The molecule has 0 aromatic carbocycles. The van der Waals surface area contributed by atoms with E-state index in [9.17, 15) is 30.7 Å². The van der Waals surface area contributed by atoms with Crippen molar-refractivity contribution in [1.82, 2.24) is 0 Å². The number of hydrogen-bond donors (Lipinski definition) is 1. The topological polar surface area (TPSA) is 66.4 Å². The fourth-order valence-corrected chi connectivity index (χ4v) is 1.91. The summed E-state index contributed by atoms with van der Waals surface area (Å²) in [6.45, 7) is 1.59. The summed E-state index contributed by atoms with van der Waals surface area (Å²) in [6, 6.07) is 0. The molecule has 0 aliphatic rings. The van der Waals surface area contributed by atoms with Crippen LogP contribution >= 0.6 is 0 Å². The lowest BCUT2D eigenvalue weighted by Crippen LogP contribution is -2.53. The van der Waals surface area contributed by atoms with Crippen molar-refractivity contribution >= 4 is 0 Å². The van der Waals surface area contributed by atoms with Crippen LogP contribution in [0, 0.1) is 0 Å². The molecule has 0 amide bonds. The standard InChI is InChI=1S/C16H27F7O6/c17-14(15(18,19)20,16(21,22)23)2-1-4-25-6-8-27-10-12-29-13-11-28-9-7-26-5-3-24/h24H,1-13H2. The smallest absolute Gasteiger partial charge is 0.394 e. The third kappa shape index (κ3) is 12.5. The Balaban J connectivity index is 3.52. The molecule has 0 fully saturated rings. The van der Waals surface area contributed by atoms with Crippen molar-refractivity contribution < 1.29 is 59.5 Å². The van der Waals surface area contributed by atoms with Crippen molar-refractivity contribution in [3.63, 3.8) is 0 Å². The fraction of sp³-hybridized carbons (Fsp3) is 1.00. The maximum Gasteiger partial charge on any atom is 0.431 e. The van der Waals surface area contributed by atoms with E-state index in [0.717, 1.165) is 0 Å². The molecule has 176 valence electrons. The van der Waals surface area contributed by atoms with E-state index in [-0.39, 0.29) is 39.6 Å². The van der Waals surface area contributed by atoms with Gasteiger partial charge in [0.05, 0.1) is 66.1 Å². The van der Waals surface area contributed by atoms with Crippen molar-refractivity contribution in [2.75, 3.05) is 72.7 Å². The van der Waals surface area contributed by atoms with Crippen molar-refractivity contribution in [2.45, 2.75) is 30.9 Å². The summed E-state index contributed by atoms with van der Waals surface area (Å²) in [4.78, 5) is 0. The van der Waals surface area contributed by atoms with Gasteiger partial charge in [0.2, 0.25) is 0 Å². The second-order valence-corrected chi connectivity index (χ2v) is 5.69. The van der Waals surface area contributed by atoms with Crippen LogP contribution in [0.4, 0.5) is 30.7 Å². The molecule has 0 radical (unpaired) electrons. The van der Waals surface area contributed by atoms with Gasteiger partial charge in [0, 0.05) is 13.0 Å². The second-order valence-electron chi connectivity index (χ2n) is 5.69. The third-order valence-corrected chi connectivity index (χ3v) is 3.43. The molecular formula is C16H27F7O6. The van der Waals surface area contributed by atoms with Gasteiger partial charge in [-0.2, -0.15) is 26.3 Å². The predicted molar refractivity (Wildman–Crippen MR) is 86.4 cm³/mol. The highest BCUT2D eigenvalue weighted by Crippen LogP contribution is 2.48. The molecule has 0 bridgehead atoms. The minimum absolute atomic E-state index is 0.0530. The van der Waals surface area contributed by atoms with Crippen molar-refractivity contribution in [3.8, 4) is 0 Å². The van der Waals surface area contributed by atoms with Gasteiger partial charge >= 0.3 is 12.4 Å². The second kappa shape index (κ2) is 15.1. The van der Waals surface area contributed by atoms with Gasteiger partial charge in [-0.1, -0.05) is 0 Å². The number of rotatable bonds is 18. The van der Waals surface area contributed by atoms with Crippen LogP contribution in [0.2, 0.25) is 0 Å². The summed E-state index contributed by atoms with van der Waals surface area (Å²) in [5, 5.41) is 8.47. The van der Waals surface area contributed by atoms with Crippen molar-refractivity contribution in [2.24, 2.45) is 0 Å². The SMILES string of the molecule is OCCOCCOCCOCCOCCOCCCC(F)(C(F)(F)F)C(F)(F)F. The Kier molecular flexibility index (Phi) is 14.7. The van der Waals surface area contributed by atoms with Gasteiger partial charge in [-0.05, 0) is 6.42 Å². The molecule has 0 aliphatic heterocycles.